The van der Waals surface area contributed by atoms with E-state index in [0.29, 0.717) is 6.61 Å². The number of hydrogen-bond donors (Lipinski definition) is 1. The Labute approximate surface area is 123 Å². The first kappa shape index (κ1) is 12.9. The quantitative estimate of drug-likeness (QED) is 0.686. The summed E-state index contributed by atoms with van der Waals surface area (Å²) in [5, 5.41) is 1.12. The summed E-state index contributed by atoms with van der Waals surface area (Å²) in [5.41, 5.74) is 3.32. The maximum atomic E-state index is 5.60. The number of nitrogens with one attached hydrogen (secondary N) is 1. The van der Waals surface area contributed by atoms with Gasteiger partial charge in [0.2, 0.25) is 0 Å². The van der Waals surface area contributed by atoms with Crippen LogP contribution in [0.15, 0.2) is 54.6 Å². The molecule has 2 nitrogen and oxygen atoms in total. The Morgan fingerprint density at radius 2 is 1.85 bits per heavy atom. The number of H-pyrrole nitrogens is 1. The highest BCUT2D eigenvalue weighted by atomic mass is 32.1. The van der Waals surface area contributed by atoms with E-state index < -0.39 is 0 Å². The molecule has 20 heavy (non-hydrogen) atoms. The van der Waals surface area contributed by atoms with Crippen LogP contribution >= 0.6 is 12.2 Å². The van der Waals surface area contributed by atoms with Crippen molar-refractivity contribution < 1.29 is 4.74 Å². The predicted octanol–water partition coefficient (Wildman–Crippen LogP) is 4.96. The fourth-order valence-corrected chi connectivity index (χ4v) is 2.57. The van der Waals surface area contributed by atoms with Crippen LogP contribution in [0.25, 0.3) is 22.0 Å². The Hall–Kier alpha value is -2.13. The van der Waals surface area contributed by atoms with Gasteiger partial charge in [0.05, 0.1) is 6.61 Å². The Morgan fingerprint density at radius 1 is 1.05 bits per heavy atom. The van der Waals surface area contributed by atoms with Crippen molar-refractivity contribution in [2.45, 2.75) is 6.92 Å². The molecule has 3 rings (SSSR count). The largest absolute Gasteiger partial charge is 0.494 e. The number of aromatic amines is 1. The molecule has 1 N–H and O–H groups in total. The van der Waals surface area contributed by atoms with Gasteiger partial charge in [-0.1, -0.05) is 42.5 Å². The zero-order valence-corrected chi connectivity index (χ0v) is 12.0. The molecule has 0 aliphatic heterocycles. The van der Waals surface area contributed by atoms with Crippen LogP contribution in [0.4, 0.5) is 0 Å². The lowest BCUT2D eigenvalue weighted by Crippen LogP contribution is -1.92. The summed E-state index contributed by atoms with van der Waals surface area (Å²) in [6, 6.07) is 18.3. The summed E-state index contributed by atoms with van der Waals surface area (Å²) < 4.78 is 6.33. The van der Waals surface area contributed by atoms with Gasteiger partial charge in [-0.25, -0.2) is 0 Å². The second-order valence-corrected chi connectivity index (χ2v) is 4.99. The molecule has 0 amide bonds. The van der Waals surface area contributed by atoms with Crippen LogP contribution in [-0.4, -0.2) is 11.6 Å². The lowest BCUT2D eigenvalue weighted by atomic mass is 10.0. The van der Waals surface area contributed by atoms with Crippen molar-refractivity contribution in [1.82, 2.24) is 4.98 Å². The van der Waals surface area contributed by atoms with Crippen molar-refractivity contribution in [3.8, 4) is 16.9 Å². The average Bonchev–Trinajstić information content (AvgIpc) is 2.48. The number of hydrogen-bond acceptors (Lipinski definition) is 2. The van der Waals surface area contributed by atoms with Gasteiger partial charge < -0.3 is 9.72 Å². The van der Waals surface area contributed by atoms with E-state index in [1.165, 1.54) is 0 Å². The molecule has 0 unspecified atom stereocenters. The topological polar surface area (TPSA) is 25.0 Å². The van der Waals surface area contributed by atoms with Crippen LogP contribution in [0.3, 0.4) is 0 Å². The third-order valence-electron chi connectivity index (χ3n) is 3.21. The highest BCUT2D eigenvalue weighted by molar-refractivity contribution is 7.71. The Bertz CT molecular complexity index is 793. The van der Waals surface area contributed by atoms with E-state index in [1.54, 1.807) is 0 Å². The third kappa shape index (κ3) is 2.45. The van der Waals surface area contributed by atoms with E-state index in [-0.39, 0.29) is 0 Å². The Kier molecular flexibility index (Phi) is 3.52. The molecule has 0 aliphatic carbocycles. The zero-order chi connectivity index (χ0) is 13.9. The predicted molar refractivity (Wildman–Crippen MR) is 85.7 cm³/mol. The fraction of sp³-hybridized carbons (Fsp3) is 0.118. The van der Waals surface area contributed by atoms with Gasteiger partial charge in [0.15, 0.2) is 0 Å². The first-order valence-corrected chi connectivity index (χ1v) is 7.04. The summed E-state index contributed by atoms with van der Waals surface area (Å²) in [7, 11) is 0. The van der Waals surface area contributed by atoms with Crippen molar-refractivity contribution in [3.63, 3.8) is 0 Å². The molecule has 0 fully saturated rings. The van der Waals surface area contributed by atoms with Crippen LogP contribution in [0, 0.1) is 4.64 Å². The molecule has 0 bridgehead atoms. The van der Waals surface area contributed by atoms with Gasteiger partial charge in [0.1, 0.15) is 10.4 Å². The molecule has 1 aromatic heterocycles. The van der Waals surface area contributed by atoms with Crippen LogP contribution in [0.2, 0.25) is 0 Å². The first-order chi connectivity index (χ1) is 9.78. The van der Waals surface area contributed by atoms with E-state index in [9.17, 15) is 0 Å². The van der Waals surface area contributed by atoms with Crippen LogP contribution in [0.5, 0.6) is 5.75 Å². The Morgan fingerprint density at radius 3 is 2.60 bits per heavy atom. The summed E-state index contributed by atoms with van der Waals surface area (Å²) in [6.45, 7) is 2.65. The monoisotopic (exact) mass is 281 g/mol. The number of pyridine rings is 1. The number of rotatable bonds is 3. The number of fused-ring (bicyclic) bond motifs is 1. The highest BCUT2D eigenvalue weighted by Crippen LogP contribution is 2.30. The molecular formula is C17H15NOS. The van der Waals surface area contributed by atoms with Gasteiger partial charge in [-0.15, -0.1) is 0 Å². The molecule has 1 heterocycles. The van der Waals surface area contributed by atoms with Crippen molar-refractivity contribution in [1.29, 1.82) is 0 Å². The molecule has 3 heteroatoms. The van der Waals surface area contributed by atoms with Gasteiger partial charge in [-0.05, 0) is 42.3 Å². The first-order valence-electron chi connectivity index (χ1n) is 6.63. The second-order valence-electron chi connectivity index (χ2n) is 4.55. The zero-order valence-electron chi connectivity index (χ0n) is 11.2. The summed E-state index contributed by atoms with van der Waals surface area (Å²) >= 11 is 5.32. The molecule has 3 aromatic rings. The third-order valence-corrected chi connectivity index (χ3v) is 3.43. The fourth-order valence-electron chi connectivity index (χ4n) is 2.35. The van der Waals surface area contributed by atoms with Gasteiger partial charge in [-0.2, -0.15) is 0 Å². The SMILES string of the molecule is CCOc1ccc2[nH]c(=S)cc(-c3ccccc3)c2c1. The van der Waals surface area contributed by atoms with E-state index in [0.717, 1.165) is 32.4 Å². The van der Waals surface area contributed by atoms with Crippen molar-refractivity contribution in [3.05, 3.63) is 59.2 Å². The second kappa shape index (κ2) is 5.47. The van der Waals surface area contributed by atoms with Crippen molar-refractivity contribution >= 4 is 23.1 Å². The van der Waals surface area contributed by atoms with Crippen molar-refractivity contribution in [2.75, 3.05) is 6.61 Å². The Balaban J connectivity index is 2.29. The smallest absolute Gasteiger partial charge is 0.120 e. The van der Waals surface area contributed by atoms with Gasteiger partial charge in [0, 0.05) is 10.9 Å². The van der Waals surface area contributed by atoms with Gasteiger partial charge in [0.25, 0.3) is 0 Å². The van der Waals surface area contributed by atoms with Crippen LogP contribution in [-0.2, 0) is 0 Å². The molecule has 0 atom stereocenters. The molecule has 0 radical (unpaired) electrons. The van der Waals surface area contributed by atoms with Crippen LogP contribution in [0.1, 0.15) is 6.92 Å². The van der Waals surface area contributed by atoms with Gasteiger partial charge >= 0.3 is 0 Å². The van der Waals surface area contributed by atoms with E-state index in [1.807, 2.05) is 43.3 Å². The average molecular weight is 281 g/mol. The number of benzene rings is 2. The number of aromatic nitrogens is 1. The molecule has 0 saturated heterocycles. The van der Waals surface area contributed by atoms with Crippen molar-refractivity contribution in [2.24, 2.45) is 0 Å². The van der Waals surface area contributed by atoms with E-state index in [2.05, 4.69) is 23.2 Å². The standard InChI is InChI=1S/C17H15NOS/c1-2-19-13-8-9-16-15(10-13)14(11-17(20)18-16)12-6-4-3-5-7-12/h3-11H,2H2,1H3,(H,18,20). The van der Waals surface area contributed by atoms with Crippen LogP contribution < -0.4 is 4.74 Å². The minimum Gasteiger partial charge on any atom is -0.494 e. The molecule has 2 aromatic carbocycles. The van der Waals surface area contributed by atoms with E-state index >= 15 is 0 Å². The van der Waals surface area contributed by atoms with Gasteiger partial charge in [-0.3, -0.25) is 0 Å². The molecule has 100 valence electrons. The number of ether oxygens (including phenoxy) is 1. The van der Waals surface area contributed by atoms with E-state index in [4.69, 9.17) is 17.0 Å². The molecular weight excluding hydrogens is 266 g/mol. The maximum absolute atomic E-state index is 5.60. The normalized spacial score (nSPS) is 10.7. The lowest BCUT2D eigenvalue weighted by molar-refractivity contribution is 0.340. The summed E-state index contributed by atoms with van der Waals surface area (Å²) in [4.78, 5) is 3.23. The molecule has 0 spiro atoms. The molecule has 0 aliphatic rings. The minimum absolute atomic E-state index is 0.662. The maximum Gasteiger partial charge on any atom is 0.120 e. The molecule has 0 saturated carbocycles. The minimum atomic E-state index is 0.662. The summed E-state index contributed by atoms with van der Waals surface area (Å²) in [6.07, 6.45) is 0. The highest BCUT2D eigenvalue weighted by Gasteiger charge is 2.06. The lowest BCUT2D eigenvalue weighted by Gasteiger charge is -2.09. The summed E-state index contributed by atoms with van der Waals surface area (Å²) in [5.74, 6) is 0.877.